The van der Waals surface area contributed by atoms with E-state index in [1.54, 1.807) is 0 Å². The van der Waals surface area contributed by atoms with Crippen LogP contribution in [0.1, 0.15) is 38.3 Å². The average molecular weight is 442 g/mol. The zero-order valence-corrected chi connectivity index (χ0v) is 19.4. The predicted octanol–water partition coefficient (Wildman–Crippen LogP) is 4.62. The van der Waals surface area contributed by atoms with Gasteiger partial charge in [-0.2, -0.15) is 0 Å². The molecule has 5 rings (SSSR count). The van der Waals surface area contributed by atoms with Crippen molar-refractivity contribution < 1.29 is 9.84 Å². The molecule has 1 unspecified atom stereocenters. The van der Waals surface area contributed by atoms with Crippen LogP contribution in [0.5, 0.6) is 0 Å². The predicted molar refractivity (Wildman–Crippen MR) is 131 cm³/mol. The third kappa shape index (κ3) is 4.22. The Balaban J connectivity index is 1.41. The number of hydrogen-bond donors (Lipinski definition) is 3. The number of aliphatic hydroxyl groups excluding tert-OH is 1. The van der Waals surface area contributed by atoms with Crippen molar-refractivity contribution in [2.45, 2.75) is 45.4 Å². The van der Waals surface area contributed by atoms with Gasteiger partial charge in [-0.15, -0.1) is 0 Å². The second kappa shape index (κ2) is 8.58. The molecular weight excluding hydrogens is 410 g/mol. The van der Waals surface area contributed by atoms with Crippen LogP contribution in [0.25, 0.3) is 5.57 Å². The number of hydrazine groups is 1. The fraction of sp³-hybridized carbons (Fsp3) is 0.286. The quantitative estimate of drug-likeness (QED) is 0.632. The Morgan fingerprint density at radius 2 is 1.76 bits per heavy atom. The third-order valence-corrected chi connectivity index (χ3v) is 6.47. The lowest BCUT2D eigenvalue weighted by Crippen LogP contribution is -2.64. The van der Waals surface area contributed by atoms with E-state index in [0.717, 1.165) is 59.0 Å². The molecule has 170 valence electrons. The SMILES string of the molecule is CC1=C(c2ccccc2)C=C2CC3=C(C=C2O1)N(NCCc1ccccc1)C(O)C(C)(C)N3. The number of nitrogens with zero attached hydrogens (tertiary/aromatic N) is 1. The number of rotatable bonds is 5. The van der Waals surface area contributed by atoms with E-state index in [-0.39, 0.29) is 0 Å². The van der Waals surface area contributed by atoms with Crippen LogP contribution in [-0.2, 0) is 11.2 Å². The summed E-state index contributed by atoms with van der Waals surface area (Å²) >= 11 is 0. The summed E-state index contributed by atoms with van der Waals surface area (Å²) in [7, 11) is 0. The summed E-state index contributed by atoms with van der Waals surface area (Å²) in [6.07, 6.45) is 5.14. The molecule has 0 bridgehead atoms. The summed E-state index contributed by atoms with van der Waals surface area (Å²) < 4.78 is 6.29. The molecule has 1 atom stereocenters. The molecule has 3 aliphatic rings. The number of aliphatic hydroxyl groups is 1. The van der Waals surface area contributed by atoms with Crippen LogP contribution in [0.4, 0.5) is 0 Å². The van der Waals surface area contributed by atoms with Gasteiger partial charge in [0.25, 0.3) is 0 Å². The molecule has 2 heterocycles. The van der Waals surface area contributed by atoms with Gasteiger partial charge in [-0.05, 0) is 44.4 Å². The first-order valence-electron chi connectivity index (χ1n) is 11.6. The van der Waals surface area contributed by atoms with E-state index in [1.807, 2.05) is 56.1 Å². The summed E-state index contributed by atoms with van der Waals surface area (Å²) in [6, 6.07) is 20.7. The van der Waals surface area contributed by atoms with Crippen molar-refractivity contribution in [2.24, 2.45) is 0 Å². The van der Waals surface area contributed by atoms with Crippen LogP contribution >= 0.6 is 0 Å². The van der Waals surface area contributed by atoms with Crippen molar-refractivity contribution in [2.75, 3.05) is 6.54 Å². The van der Waals surface area contributed by atoms with Gasteiger partial charge in [0.05, 0.1) is 11.2 Å². The minimum atomic E-state index is -0.727. The van der Waals surface area contributed by atoms with Gasteiger partial charge in [0.2, 0.25) is 0 Å². The maximum absolute atomic E-state index is 11.1. The van der Waals surface area contributed by atoms with E-state index < -0.39 is 11.8 Å². The smallest absolute Gasteiger partial charge is 0.163 e. The highest BCUT2D eigenvalue weighted by Gasteiger charge is 2.41. The minimum Gasteiger partial charge on any atom is -0.461 e. The molecule has 2 aliphatic heterocycles. The molecule has 2 aromatic carbocycles. The second-order valence-corrected chi connectivity index (χ2v) is 9.39. The van der Waals surface area contributed by atoms with Crippen molar-refractivity contribution in [1.82, 2.24) is 15.8 Å². The molecule has 33 heavy (non-hydrogen) atoms. The van der Waals surface area contributed by atoms with E-state index in [1.165, 1.54) is 5.56 Å². The number of hydrogen-bond acceptors (Lipinski definition) is 5. The fourth-order valence-electron chi connectivity index (χ4n) is 4.66. The van der Waals surface area contributed by atoms with Gasteiger partial charge in [0, 0.05) is 35.9 Å². The maximum atomic E-state index is 11.1. The number of ether oxygens (including phenoxy) is 1. The molecule has 0 fully saturated rings. The topological polar surface area (TPSA) is 56.8 Å². The first-order valence-corrected chi connectivity index (χ1v) is 11.6. The van der Waals surface area contributed by atoms with Crippen LogP contribution in [-0.4, -0.2) is 28.4 Å². The van der Waals surface area contributed by atoms with Crippen molar-refractivity contribution in [1.29, 1.82) is 0 Å². The molecule has 0 radical (unpaired) electrons. The van der Waals surface area contributed by atoms with Gasteiger partial charge < -0.3 is 15.2 Å². The lowest BCUT2D eigenvalue weighted by molar-refractivity contribution is -0.0691. The van der Waals surface area contributed by atoms with Crippen LogP contribution in [0.3, 0.4) is 0 Å². The van der Waals surface area contributed by atoms with Gasteiger partial charge >= 0.3 is 0 Å². The molecule has 5 heteroatoms. The molecule has 0 saturated heterocycles. The highest BCUT2D eigenvalue weighted by Crippen LogP contribution is 2.41. The van der Waals surface area contributed by atoms with E-state index in [0.29, 0.717) is 0 Å². The number of benzene rings is 2. The standard InChI is InChI=1S/C28H31N3O2/c1-19-23(21-12-8-5-9-13-21)16-22-17-24-25(18-26(22)33-19)31(27(32)28(2,3)30-24)29-15-14-20-10-6-4-7-11-20/h4-13,16,18,27,29-30,32H,14-15,17H2,1-3H3. The minimum absolute atomic E-state index is 0.506. The van der Waals surface area contributed by atoms with E-state index in [4.69, 9.17) is 4.74 Å². The molecular formula is C28H31N3O2. The molecule has 5 nitrogen and oxygen atoms in total. The van der Waals surface area contributed by atoms with Gasteiger partial charge in [-0.1, -0.05) is 60.7 Å². The van der Waals surface area contributed by atoms with Gasteiger partial charge in [0.1, 0.15) is 11.5 Å². The van der Waals surface area contributed by atoms with Gasteiger partial charge in [0.15, 0.2) is 6.23 Å². The van der Waals surface area contributed by atoms with Crippen molar-refractivity contribution >= 4 is 5.57 Å². The Kier molecular flexibility index (Phi) is 5.60. The summed E-state index contributed by atoms with van der Waals surface area (Å²) in [4.78, 5) is 0. The molecule has 0 aromatic heterocycles. The molecule has 3 N–H and O–H groups in total. The number of allylic oxidation sites excluding steroid dienone is 6. The van der Waals surface area contributed by atoms with Gasteiger partial charge in [-0.3, -0.25) is 5.01 Å². The highest BCUT2D eigenvalue weighted by molar-refractivity contribution is 5.79. The van der Waals surface area contributed by atoms with Crippen LogP contribution in [0.15, 0.2) is 101 Å². The van der Waals surface area contributed by atoms with E-state index in [2.05, 4.69) is 53.2 Å². The van der Waals surface area contributed by atoms with Crippen LogP contribution in [0, 0.1) is 0 Å². The second-order valence-electron chi connectivity index (χ2n) is 9.39. The zero-order valence-electron chi connectivity index (χ0n) is 19.4. The molecule has 0 saturated carbocycles. The monoisotopic (exact) mass is 441 g/mol. The van der Waals surface area contributed by atoms with Crippen LogP contribution in [0.2, 0.25) is 0 Å². The van der Waals surface area contributed by atoms with Gasteiger partial charge in [-0.25, -0.2) is 5.43 Å². The van der Waals surface area contributed by atoms with Crippen molar-refractivity contribution in [3.8, 4) is 0 Å². The number of fused-ring (bicyclic) bond motifs is 1. The molecule has 1 aliphatic carbocycles. The first-order chi connectivity index (χ1) is 15.9. The molecule has 0 amide bonds. The third-order valence-electron chi connectivity index (χ3n) is 6.47. The first kappa shape index (κ1) is 21.6. The van der Waals surface area contributed by atoms with E-state index in [9.17, 15) is 5.11 Å². The number of nitrogens with one attached hydrogen (secondary N) is 2. The summed E-state index contributed by atoms with van der Waals surface area (Å²) in [5.74, 6) is 1.72. The van der Waals surface area contributed by atoms with Crippen molar-refractivity contribution in [3.05, 3.63) is 112 Å². The Bertz CT molecular complexity index is 1160. The Hall–Kier alpha value is -3.28. The zero-order chi connectivity index (χ0) is 23.0. The average Bonchev–Trinajstić information content (AvgIpc) is 2.81. The largest absolute Gasteiger partial charge is 0.461 e. The molecule has 2 aromatic rings. The molecule has 0 spiro atoms. The lowest BCUT2D eigenvalue weighted by atomic mass is 9.89. The summed E-state index contributed by atoms with van der Waals surface area (Å²) in [5, 5.41) is 16.6. The Labute approximate surface area is 195 Å². The van der Waals surface area contributed by atoms with E-state index >= 15 is 0 Å². The summed E-state index contributed by atoms with van der Waals surface area (Å²) in [5.41, 5.74) is 9.65. The van der Waals surface area contributed by atoms with Crippen LogP contribution < -0.4 is 10.7 Å². The van der Waals surface area contributed by atoms with Crippen molar-refractivity contribution in [3.63, 3.8) is 0 Å². The lowest BCUT2D eigenvalue weighted by Gasteiger charge is -2.48. The highest BCUT2D eigenvalue weighted by atomic mass is 16.5. The summed E-state index contributed by atoms with van der Waals surface area (Å²) in [6.45, 7) is 6.78. The Morgan fingerprint density at radius 1 is 1.06 bits per heavy atom. The Morgan fingerprint density at radius 3 is 2.48 bits per heavy atom. The maximum Gasteiger partial charge on any atom is 0.163 e. The normalized spacial score (nSPS) is 21.5. The fourth-order valence-corrected chi connectivity index (χ4v) is 4.66.